The topological polar surface area (TPSA) is 47.7 Å². The summed E-state index contributed by atoms with van der Waals surface area (Å²) in [6.07, 6.45) is 10.5. The molecule has 0 atom stereocenters. The van der Waals surface area contributed by atoms with Gasteiger partial charge in [-0.05, 0) is 25.3 Å². The fourth-order valence-corrected chi connectivity index (χ4v) is 1.16. The van der Waals surface area contributed by atoms with Crippen molar-refractivity contribution in [3.05, 3.63) is 23.3 Å². The van der Waals surface area contributed by atoms with Crippen LogP contribution in [-0.2, 0) is 0 Å². The largest absolute Gasteiger partial charge is 0.313 e. The van der Waals surface area contributed by atoms with Crippen molar-refractivity contribution >= 4 is 12.4 Å². The minimum Gasteiger partial charge on any atom is -0.313 e. The van der Waals surface area contributed by atoms with Crippen LogP contribution in [0.2, 0.25) is 0 Å². The molecular weight excluding hydrogens is 172 g/mol. The van der Waals surface area contributed by atoms with E-state index in [9.17, 15) is 0 Å². The van der Waals surface area contributed by atoms with Crippen LogP contribution in [-0.4, -0.2) is 12.4 Å². The van der Waals surface area contributed by atoms with Crippen LogP contribution < -0.4 is 0 Å². The van der Waals surface area contributed by atoms with Gasteiger partial charge < -0.3 is 10.8 Å². The van der Waals surface area contributed by atoms with E-state index in [1.165, 1.54) is 23.6 Å². The van der Waals surface area contributed by atoms with Crippen LogP contribution in [0.3, 0.4) is 0 Å². The Bertz CT molecular complexity index is 211. The molecular formula is C12H20N2. The number of rotatable bonds is 7. The van der Waals surface area contributed by atoms with Gasteiger partial charge in [0.05, 0.1) is 0 Å². The van der Waals surface area contributed by atoms with Crippen molar-refractivity contribution in [3.8, 4) is 0 Å². The van der Waals surface area contributed by atoms with Crippen molar-refractivity contribution in [1.82, 2.24) is 0 Å². The SMILES string of the molecule is CC/C(=C\C=C(/CC)CC=N)CC=N. The van der Waals surface area contributed by atoms with Crippen molar-refractivity contribution in [2.75, 3.05) is 0 Å². The molecule has 0 saturated carbocycles. The van der Waals surface area contributed by atoms with Crippen LogP contribution >= 0.6 is 0 Å². The highest BCUT2D eigenvalue weighted by Crippen LogP contribution is 2.09. The van der Waals surface area contributed by atoms with Gasteiger partial charge in [-0.15, -0.1) is 0 Å². The highest BCUT2D eigenvalue weighted by molar-refractivity contribution is 5.58. The van der Waals surface area contributed by atoms with E-state index in [1.54, 1.807) is 0 Å². The second kappa shape index (κ2) is 8.42. The van der Waals surface area contributed by atoms with Gasteiger partial charge in [0.15, 0.2) is 0 Å². The molecule has 0 unspecified atom stereocenters. The first-order valence-corrected chi connectivity index (χ1v) is 5.13. The average Bonchev–Trinajstić information content (AvgIpc) is 2.22. The van der Waals surface area contributed by atoms with Gasteiger partial charge in [-0.1, -0.05) is 37.1 Å². The highest BCUT2D eigenvalue weighted by atomic mass is 14.3. The summed E-state index contributed by atoms with van der Waals surface area (Å²) in [5.74, 6) is 0. The second-order valence-electron chi connectivity index (χ2n) is 3.17. The Balaban J connectivity index is 4.42. The normalized spacial score (nSPS) is 12.7. The zero-order chi connectivity index (χ0) is 10.8. The second-order valence-corrected chi connectivity index (χ2v) is 3.17. The Hall–Kier alpha value is -1.18. The molecule has 2 heteroatoms. The molecule has 2 N–H and O–H groups in total. The lowest BCUT2D eigenvalue weighted by molar-refractivity contribution is 1.04. The van der Waals surface area contributed by atoms with E-state index in [0.717, 1.165) is 25.7 Å². The van der Waals surface area contributed by atoms with Crippen LogP contribution in [0, 0.1) is 10.8 Å². The summed E-state index contributed by atoms with van der Waals surface area (Å²) >= 11 is 0. The van der Waals surface area contributed by atoms with Crippen LogP contribution in [0.25, 0.3) is 0 Å². The van der Waals surface area contributed by atoms with Crippen molar-refractivity contribution in [2.24, 2.45) is 0 Å². The standard InChI is InChI=1S/C12H20N2/c1-3-11(7-9-13)5-6-12(4-2)8-10-14/h5-6,9-10,13-14H,3-4,7-8H2,1-2H3/b11-5+,12-6+,13-9?,14-10?. The van der Waals surface area contributed by atoms with Crippen LogP contribution in [0.15, 0.2) is 23.3 Å². The summed E-state index contributed by atoms with van der Waals surface area (Å²) in [5.41, 5.74) is 2.55. The van der Waals surface area contributed by atoms with E-state index in [0.29, 0.717) is 0 Å². The zero-order valence-electron chi connectivity index (χ0n) is 9.14. The summed E-state index contributed by atoms with van der Waals surface area (Å²) in [5, 5.41) is 14.1. The molecule has 2 nitrogen and oxygen atoms in total. The van der Waals surface area contributed by atoms with Gasteiger partial charge in [0.2, 0.25) is 0 Å². The Labute approximate surface area is 86.7 Å². The van der Waals surface area contributed by atoms with E-state index >= 15 is 0 Å². The van der Waals surface area contributed by atoms with Gasteiger partial charge in [-0.3, -0.25) is 0 Å². The Kier molecular flexibility index (Phi) is 7.71. The lowest BCUT2D eigenvalue weighted by Gasteiger charge is -2.00. The van der Waals surface area contributed by atoms with Gasteiger partial charge in [-0.25, -0.2) is 0 Å². The molecule has 0 aromatic heterocycles. The predicted molar refractivity (Wildman–Crippen MR) is 63.5 cm³/mol. The highest BCUT2D eigenvalue weighted by Gasteiger charge is 1.92. The number of hydrogen-bond donors (Lipinski definition) is 2. The van der Waals surface area contributed by atoms with Crippen LogP contribution in [0.5, 0.6) is 0 Å². The predicted octanol–water partition coefficient (Wildman–Crippen LogP) is 3.74. The molecule has 0 aliphatic heterocycles. The van der Waals surface area contributed by atoms with E-state index in [2.05, 4.69) is 26.0 Å². The van der Waals surface area contributed by atoms with Gasteiger partial charge in [0.1, 0.15) is 0 Å². The van der Waals surface area contributed by atoms with Crippen molar-refractivity contribution < 1.29 is 0 Å². The maximum absolute atomic E-state index is 7.03. The van der Waals surface area contributed by atoms with Crippen molar-refractivity contribution in [3.63, 3.8) is 0 Å². The Morgan fingerprint density at radius 1 is 0.857 bits per heavy atom. The molecule has 0 heterocycles. The third-order valence-corrected chi connectivity index (χ3v) is 2.19. The molecule has 0 spiro atoms. The first-order chi connectivity index (χ1) is 6.78. The van der Waals surface area contributed by atoms with Crippen molar-refractivity contribution in [2.45, 2.75) is 39.5 Å². The molecule has 0 aliphatic carbocycles. The first-order valence-electron chi connectivity index (χ1n) is 5.13. The van der Waals surface area contributed by atoms with Crippen LogP contribution in [0.4, 0.5) is 0 Å². The zero-order valence-corrected chi connectivity index (χ0v) is 9.14. The third-order valence-electron chi connectivity index (χ3n) is 2.19. The van der Waals surface area contributed by atoms with E-state index in [-0.39, 0.29) is 0 Å². The number of nitrogens with one attached hydrogen (secondary N) is 2. The summed E-state index contributed by atoms with van der Waals surface area (Å²) in [6, 6.07) is 0. The molecule has 0 saturated heterocycles. The van der Waals surface area contributed by atoms with E-state index < -0.39 is 0 Å². The quantitative estimate of drug-likeness (QED) is 0.456. The first kappa shape index (κ1) is 12.8. The molecule has 78 valence electrons. The van der Waals surface area contributed by atoms with Crippen molar-refractivity contribution in [1.29, 1.82) is 10.8 Å². The maximum atomic E-state index is 7.03. The monoisotopic (exact) mass is 192 g/mol. The van der Waals surface area contributed by atoms with Gasteiger partial charge in [-0.2, -0.15) is 0 Å². The van der Waals surface area contributed by atoms with E-state index in [1.807, 2.05) is 0 Å². The minimum atomic E-state index is 0.745. The Morgan fingerprint density at radius 3 is 1.43 bits per heavy atom. The summed E-state index contributed by atoms with van der Waals surface area (Å²) in [6.45, 7) is 4.21. The van der Waals surface area contributed by atoms with Gasteiger partial charge in [0, 0.05) is 12.8 Å². The fourth-order valence-electron chi connectivity index (χ4n) is 1.16. The summed E-state index contributed by atoms with van der Waals surface area (Å²) < 4.78 is 0. The van der Waals surface area contributed by atoms with Gasteiger partial charge >= 0.3 is 0 Å². The minimum absolute atomic E-state index is 0.745. The smallest absolute Gasteiger partial charge is 0.00331 e. The molecule has 0 bridgehead atoms. The lowest BCUT2D eigenvalue weighted by Crippen LogP contribution is -1.84. The maximum Gasteiger partial charge on any atom is 0.00331 e. The van der Waals surface area contributed by atoms with Gasteiger partial charge in [0.25, 0.3) is 0 Å². The molecule has 0 radical (unpaired) electrons. The molecule has 14 heavy (non-hydrogen) atoms. The Morgan fingerprint density at radius 2 is 1.21 bits per heavy atom. The van der Waals surface area contributed by atoms with E-state index in [4.69, 9.17) is 10.8 Å². The molecule has 0 aromatic carbocycles. The fraction of sp³-hybridized carbons (Fsp3) is 0.500. The summed E-state index contributed by atoms with van der Waals surface area (Å²) in [7, 11) is 0. The molecule has 0 aromatic rings. The number of hydrogen-bond acceptors (Lipinski definition) is 2. The summed E-state index contributed by atoms with van der Waals surface area (Å²) in [4.78, 5) is 0. The average molecular weight is 192 g/mol. The molecule has 0 amide bonds. The molecule has 0 fully saturated rings. The molecule has 0 aliphatic rings. The van der Waals surface area contributed by atoms with Crippen LogP contribution in [0.1, 0.15) is 39.5 Å². The molecule has 0 rings (SSSR count). The number of allylic oxidation sites excluding steroid dienone is 4. The third kappa shape index (κ3) is 5.46. The lowest BCUT2D eigenvalue weighted by atomic mass is 10.1.